The van der Waals surface area contributed by atoms with E-state index in [0.29, 0.717) is 23.4 Å². The Balaban J connectivity index is 1.96. The second-order valence-electron chi connectivity index (χ2n) is 6.24. The van der Waals surface area contributed by atoms with Gasteiger partial charge >= 0.3 is 0 Å². The molecule has 0 saturated heterocycles. The Morgan fingerprint density at radius 1 is 1.33 bits per heavy atom. The first-order valence-corrected chi connectivity index (χ1v) is 8.06. The Morgan fingerprint density at radius 2 is 1.95 bits per heavy atom. The van der Waals surface area contributed by atoms with Crippen LogP contribution in [-0.4, -0.2) is 28.4 Å². The first-order valence-electron chi connectivity index (χ1n) is 7.65. The summed E-state index contributed by atoms with van der Waals surface area (Å²) in [5.74, 6) is 0.866. The quantitative estimate of drug-likeness (QED) is 0.788. The summed E-state index contributed by atoms with van der Waals surface area (Å²) in [6.45, 7) is 5.28. The SMILES string of the molecule is CC(C)CCN(C(=O)Cc1ccc(C(N)=S)cc1)C1CC1. The van der Waals surface area contributed by atoms with Crippen LogP contribution < -0.4 is 5.73 Å². The standard InChI is InChI=1S/C17H24N2OS/c1-12(2)9-10-19(15-7-8-15)16(20)11-13-3-5-14(6-4-13)17(18)21/h3-6,12,15H,7-11H2,1-2H3,(H2,18,21). The van der Waals surface area contributed by atoms with Gasteiger partial charge < -0.3 is 10.6 Å². The van der Waals surface area contributed by atoms with Crippen molar-refractivity contribution in [2.75, 3.05) is 6.54 Å². The van der Waals surface area contributed by atoms with Crippen LogP contribution >= 0.6 is 12.2 Å². The second kappa shape index (κ2) is 7.03. The first kappa shape index (κ1) is 16.0. The fourth-order valence-corrected chi connectivity index (χ4v) is 2.49. The molecule has 21 heavy (non-hydrogen) atoms. The summed E-state index contributed by atoms with van der Waals surface area (Å²) in [7, 11) is 0. The van der Waals surface area contributed by atoms with E-state index in [-0.39, 0.29) is 5.91 Å². The third-order valence-corrected chi connectivity index (χ3v) is 4.08. The number of carbonyl (C=O) groups is 1. The molecule has 114 valence electrons. The molecule has 1 fully saturated rings. The van der Waals surface area contributed by atoms with Crippen LogP contribution in [0.4, 0.5) is 0 Å². The number of hydrogen-bond acceptors (Lipinski definition) is 2. The lowest BCUT2D eigenvalue weighted by Crippen LogP contribution is -2.35. The fraction of sp³-hybridized carbons (Fsp3) is 0.529. The summed E-state index contributed by atoms with van der Waals surface area (Å²) in [4.78, 5) is 15.0. The van der Waals surface area contributed by atoms with Gasteiger partial charge in [-0.05, 0) is 30.7 Å². The van der Waals surface area contributed by atoms with Gasteiger partial charge in [-0.1, -0.05) is 50.3 Å². The molecule has 0 atom stereocenters. The number of nitrogens with zero attached hydrogens (tertiary/aromatic N) is 1. The van der Waals surface area contributed by atoms with Crippen LogP contribution in [0, 0.1) is 5.92 Å². The lowest BCUT2D eigenvalue weighted by molar-refractivity contribution is -0.131. The van der Waals surface area contributed by atoms with E-state index in [4.69, 9.17) is 18.0 Å². The molecule has 1 aliphatic rings. The maximum absolute atomic E-state index is 12.5. The van der Waals surface area contributed by atoms with Gasteiger partial charge in [0.2, 0.25) is 5.91 Å². The number of carbonyl (C=O) groups excluding carboxylic acids is 1. The lowest BCUT2D eigenvalue weighted by atomic mass is 10.1. The molecule has 1 amide bonds. The Kier molecular flexibility index (Phi) is 5.34. The largest absolute Gasteiger partial charge is 0.389 e. The monoisotopic (exact) mass is 304 g/mol. The molecular formula is C17H24N2OS. The van der Waals surface area contributed by atoms with Crippen molar-refractivity contribution in [2.45, 2.75) is 45.6 Å². The summed E-state index contributed by atoms with van der Waals surface area (Å²) in [5.41, 5.74) is 7.46. The van der Waals surface area contributed by atoms with Crippen molar-refractivity contribution in [3.05, 3.63) is 35.4 Å². The molecule has 1 aromatic carbocycles. The van der Waals surface area contributed by atoms with Crippen LogP contribution in [0.15, 0.2) is 24.3 Å². The number of hydrogen-bond donors (Lipinski definition) is 1. The van der Waals surface area contributed by atoms with Gasteiger partial charge in [-0.15, -0.1) is 0 Å². The predicted octanol–water partition coefficient (Wildman–Crippen LogP) is 2.90. The van der Waals surface area contributed by atoms with Gasteiger partial charge in [-0.2, -0.15) is 0 Å². The van der Waals surface area contributed by atoms with Crippen LogP contribution in [-0.2, 0) is 11.2 Å². The molecule has 3 nitrogen and oxygen atoms in total. The maximum Gasteiger partial charge on any atom is 0.227 e. The van der Waals surface area contributed by atoms with Crippen molar-refractivity contribution in [3.63, 3.8) is 0 Å². The fourth-order valence-electron chi connectivity index (χ4n) is 2.36. The number of thiocarbonyl (C=S) groups is 1. The zero-order chi connectivity index (χ0) is 15.4. The average molecular weight is 304 g/mol. The molecule has 0 bridgehead atoms. The molecular weight excluding hydrogens is 280 g/mol. The molecule has 0 aromatic heterocycles. The smallest absolute Gasteiger partial charge is 0.227 e. The van der Waals surface area contributed by atoms with E-state index in [1.807, 2.05) is 24.3 Å². The van der Waals surface area contributed by atoms with E-state index in [1.54, 1.807) is 0 Å². The highest BCUT2D eigenvalue weighted by atomic mass is 32.1. The van der Waals surface area contributed by atoms with Crippen LogP contribution in [0.2, 0.25) is 0 Å². The zero-order valence-corrected chi connectivity index (χ0v) is 13.7. The van der Waals surface area contributed by atoms with Gasteiger partial charge in [0.25, 0.3) is 0 Å². The minimum Gasteiger partial charge on any atom is -0.389 e. The van der Waals surface area contributed by atoms with Crippen LogP contribution in [0.5, 0.6) is 0 Å². The Bertz CT molecular complexity index is 506. The molecule has 0 aliphatic heterocycles. The van der Waals surface area contributed by atoms with Crippen LogP contribution in [0.1, 0.15) is 44.2 Å². The number of amides is 1. The molecule has 4 heteroatoms. The van der Waals surface area contributed by atoms with E-state index in [9.17, 15) is 4.79 Å². The zero-order valence-electron chi connectivity index (χ0n) is 12.8. The van der Waals surface area contributed by atoms with Gasteiger partial charge in [0, 0.05) is 18.2 Å². The molecule has 0 radical (unpaired) electrons. The van der Waals surface area contributed by atoms with Gasteiger partial charge in [0.05, 0.1) is 6.42 Å². The van der Waals surface area contributed by atoms with E-state index in [2.05, 4.69) is 18.7 Å². The van der Waals surface area contributed by atoms with Gasteiger partial charge in [0.1, 0.15) is 4.99 Å². The molecule has 1 aromatic rings. The minimum atomic E-state index is 0.237. The molecule has 0 spiro atoms. The average Bonchev–Trinajstić information content (AvgIpc) is 3.23. The maximum atomic E-state index is 12.5. The van der Waals surface area contributed by atoms with E-state index >= 15 is 0 Å². The van der Waals surface area contributed by atoms with Crippen LogP contribution in [0.3, 0.4) is 0 Å². The Morgan fingerprint density at radius 3 is 2.43 bits per heavy atom. The van der Waals surface area contributed by atoms with Crippen molar-refractivity contribution in [1.82, 2.24) is 4.90 Å². The van der Waals surface area contributed by atoms with Crippen LogP contribution in [0.25, 0.3) is 0 Å². The third-order valence-electron chi connectivity index (χ3n) is 3.85. The molecule has 2 rings (SSSR count). The molecule has 0 unspecified atom stereocenters. The van der Waals surface area contributed by atoms with E-state index in [1.165, 1.54) is 0 Å². The van der Waals surface area contributed by atoms with Gasteiger partial charge in [-0.3, -0.25) is 4.79 Å². The molecule has 0 heterocycles. The predicted molar refractivity (Wildman–Crippen MR) is 90.2 cm³/mol. The summed E-state index contributed by atoms with van der Waals surface area (Å²) in [6.07, 6.45) is 3.85. The minimum absolute atomic E-state index is 0.237. The van der Waals surface area contributed by atoms with Gasteiger partial charge in [0.15, 0.2) is 0 Å². The van der Waals surface area contributed by atoms with Crippen molar-refractivity contribution in [1.29, 1.82) is 0 Å². The molecule has 1 aliphatic carbocycles. The van der Waals surface area contributed by atoms with Gasteiger partial charge in [-0.25, -0.2) is 0 Å². The van der Waals surface area contributed by atoms with Crippen molar-refractivity contribution < 1.29 is 4.79 Å². The highest BCUT2D eigenvalue weighted by Gasteiger charge is 2.32. The van der Waals surface area contributed by atoms with Crippen molar-refractivity contribution in [2.24, 2.45) is 11.7 Å². The summed E-state index contributed by atoms with van der Waals surface area (Å²) in [6, 6.07) is 8.15. The van der Waals surface area contributed by atoms with E-state index in [0.717, 1.165) is 36.9 Å². The second-order valence-corrected chi connectivity index (χ2v) is 6.68. The lowest BCUT2D eigenvalue weighted by Gasteiger charge is -2.23. The first-order chi connectivity index (χ1) is 9.97. The number of rotatable bonds is 7. The molecule has 1 saturated carbocycles. The normalized spacial score (nSPS) is 14.2. The Hall–Kier alpha value is -1.42. The summed E-state index contributed by atoms with van der Waals surface area (Å²) in [5, 5.41) is 0. The highest BCUT2D eigenvalue weighted by Crippen LogP contribution is 2.28. The Labute approximate surface area is 132 Å². The summed E-state index contributed by atoms with van der Waals surface area (Å²) >= 11 is 4.94. The number of benzene rings is 1. The topological polar surface area (TPSA) is 46.3 Å². The van der Waals surface area contributed by atoms with E-state index < -0.39 is 0 Å². The van der Waals surface area contributed by atoms with Crippen molar-refractivity contribution >= 4 is 23.1 Å². The highest BCUT2D eigenvalue weighted by molar-refractivity contribution is 7.80. The number of nitrogens with two attached hydrogens (primary N) is 1. The summed E-state index contributed by atoms with van der Waals surface area (Å²) < 4.78 is 0. The molecule has 2 N–H and O–H groups in total. The van der Waals surface area contributed by atoms with Crippen molar-refractivity contribution in [3.8, 4) is 0 Å². The third kappa shape index (κ3) is 4.81.